The quantitative estimate of drug-likeness (QED) is 0.451. The zero-order chi connectivity index (χ0) is 21.8. The van der Waals surface area contributed by atoms with Crippen LogP contribution in [0.3, 0.4) is 0 Å². The van der Waals surface area contributed by atoms with E-state index < -0.39 is 0 Å². The molecule has 0 atom stereocenters. The fourth-order valence-corrected chi connectivity index (χ4v) is 4.50. The van der Waals surface area contributed by atoms with Crippen LogP contribution in [0.1, 0.15) is 35.3 Å². The van der Waals surface area contributed by atoms with Crippen LogP contribution in [0.15, 0.2) is 36.4 Å². The molecule has 3 rings (SSSR count). The molecule has 0 aliphatic carbocycles. The van der Waals surface area contributed by atoms with Gasteiger partial charge in [0.05, 0.1) is 10.2 Å². The molecule has 0 aliphatic heterocycles. The molecule has 0 saturated carbocycles. The number of benzene rings is 2. The average molecular weight is 461 g/mol. The van der Waals surface area contributed by atoms with E-state index in [1.165, 1.54) is 11.1 Å². The Morgan fingerprint density at radius 3 is 2.19 bits per heavy atom. The molecule has 0 spiro atoms. The van der Waals surface area contributed by atoms with Crippen molar-refractivity contribution in [1.29, 1.82) is 0 Å². The van der Waals surface area contributed by atoms with Crippen LogP contribution in [0.25, 0.3) is 10.2 Å². The molecule has 0 N–H and O–H groups in total. The summed E-state index contributed by atoms with van der Waals surface area (Å²) in [7, 11) is 4.00. The second-order valence-corrected chi connectivity index (χ2v) is 8.78. The van der Waals surface area contributed by atoms with Gasteiger partial charge in [0.15, 0.2) is 5.13 Å². The molecule has 0 aliphatic rings. The minimum atomic E-state index is 0. The summed E-state index contributed by atoms with van der Waals surface area (Å²) in [6, 6.07) is 12.0. The minimum Gasteiger partial charge on any atom is -0.378 e. The van der Waals surface area contributed by atoms with Crippen molar-refractivity contribution in [3.8, 4) is 0 Å². The number of hydrogen-bond donors (Lipinski definition) is 0. The van der Waals surface area contributed by atoms with E-state index >= 15 is 0 Å². The number of halogens is 1. The van der Waals surface area contributed by atoms with Crippen LogP contribution >= 0.6 is 23.7 Å². The maximum absolute atomic E-state index is 13.5. The fourth-order valence-electron chi connectivity index (χ4n) is 3.45. The molecule has 0 fully saturated rings. The van der Waals surface area contributed by atoms with Gasteiger partial charge in [0.25, 0.3) is 5.91 Å². The van der Waals surface area contributed by atoms with Crippen molar-refractivity contribution in [1.82, 2.24) is 9.88 Å². The number of rotatable bonds is 8. The maximum atomic E-state index is 13.5. The van der Waals surface area contributed by atoms with Crippen LogP contribution in [0.4, 0.5) is 10.8 Å². The lowest BCUT2D eigenvalue weighted by Gasteiger charge is -2.25. The zero-order valence-electron chi connectivity index (χ0n) is 19.3. The number of nitrogens with zero attached hydrogens (tertiary/aromatic N) is 4. The van der Waals surface area contributed by atoms with Gasteiger partial charge in [-0.1, -0.05) is 31.3 Å². The number of hydrogen-bond acceptors (Lipinski definition) is 5. The molecule has 3 aromatic rings. The molecule has 1 heterocycles. The van der Waals surface area contributed by atoms with Crippen molar-refractivity contribution in [3.05, 3.63) is 53.1 Å². The van der Waals surface area contributed by atoms with Gasteiger partial charge >= 0.3 is 0 Å². The first-order valence-electron chi connectivity index (χ1n) is 10.5. The minimum absolute atomic E-state index is 0. The Morgan fingerprint density at radius 2 is 1.61 bits per heavy atom. The smallest absolute Gasteiger partial charge is 0.260 e. The predicted octanol–water partition coefficient (Wildman–Crippen LogP) is 5.39. The Morgan fingerprint density at radius 1 is 0.968 bits per heavy atom. The molecule has 1 aromatic heterocycles. The molecule has 2 aromatic carbocycles. The highest BCUT2D eigenvalue weighted by Crippen LogP contribution is 2.32. The largest absolute Gasteiger partial charge is 0.378 e. The Balaban J connectivity index is 0.00000341. The maximum Gasteiger partial charge on any atom is 0.260 e. The van der Waals surface area contributed by atoms with Crippen molar-refractivity contribution >= 4 is 50.7 Å². The van der Waals surface area contributed by atoms with E-state index in [9.17, 15) is 4.79 Å². The van der Waals surface area contributed by atoms with E-state index in [1.54, 1.807) is 11.3 Å². The summed E-state index contributed by atoms with van der Waals surface area (Å²) in [5.41, 5.74) is 5.17. The lowest BCUT2D eigenvalue weighted by molar-refractivity contribution is 0.0984. The van der Waals surface area contributed by atoms with E-state index in [-0.39, 0.29) is 18.3 Å². The van der Waals surface area contributed by atoms with Crippen LogP contribution in [0, 0.1) is 13.8 Å². The predicted molar refractivity (Wildman–Crippen MR) is 137 cm³/mol. The van der Waals surface area contributed by atoms with E-state index in [0.29, 0.717) is 12.1 Å². The first-order chi connectivity index (χ1) is 14.3. The van der Waals surface area contributed by atoms with E-state index in [4.69, 9.17) is 4.98 Å². The second-order valence-electron chi connectivity index (χ2n) is 7.78. The van der Waals surface area contributed by atoms with Gasteiger partial charge < -0.3 is 9.80 Å². The van der Waals surface area contributed by atoms with E-state index in [2.05, 4.69) is 44.7 Å². The van der Waals surface area contributed by atoms with Gasteiger partial charge in [0.2, 0.25) is 0 Å². The van der Waals surface area contributed by atoms with Gasteiger partial charge in [-0.25, -0.2) is 4.98 Å². The number of thiazole rings is 1. The molecule has 0 bridgehead atoms. The van der Waals surface area contributed by atoms with Crippen molar-refractivity contribution in [2.24, 2.45) is 0 Å². The third kappa shape index (κ3) is 5.56. The van der Waals surface area contributed by atoms with Gasteiger partial charge in [-0.15, -0.1) is 12.4 Å². The van der Waals surface area contributed by atoms with Crippen LogP contribution in [0.2, 0.25) is 0 Å². The summed E-state index contributed by atoms with van der Waals surface area (Å²) in [5.74, 6) is 0.000827. The molecular formula is C24H33ClN4OS. The molecular weight excluding hydrogens is 428 g/mol. The Kier molecular flexibility index (Phi) is 8.86. The van der Waals surface area contributed by atoms with Crippen molar-refractivity contribution in [3.63, 3.8) is 0 Å². The SMILES string of the molecule is CCN(CC)CCN(C(=O)c1ccc(N(C)C)cc1)c1nc2c(C)c(C)ccc2s1.Cl. The normalized spacial score (nSPS) is 10.9. The lowest BCUT2D eigenvalue weighted by Crippen LogP contribution is -2.38. The van der Waals surface area contributed by atoms with Gasteiger partial charge in [-0.3, -0.25) is 9.69 Å². The molecule has 5 nitrogen and oxygen atoms in total. The monoisotopic (exact) mass is 460 g/mol. The highest BCUT2D eigenvalue weighted by molar-refractivity contribution is 7.22. The Labute approximate surface area is 196 Å². The first-order valence-corrected chi connectivity index (χ1v) is 11.4. The number of carbonyl (C=O) groups excluding carboxylic acids is 1. The van der Waals surface area contributed by atoms with Gasteiger partial charge in [0.1, 0.15) is 0 Å². The Hall–Kier alpha value is -2.15. The lowest BCUT2D eigenvalue weighted by atomic mass is 10.1. The molecule has 0 radical (unpaired) electrons. The highest BCUT2D eigenvalue weighted by Gasteiger charge is 2.22. The number of likely N-dealkylation sites (N-methyl/N-ethyl adjacent to an activating group) is 1. The number of aryl methyl sites for hydroxylation is 2. The summed E-state index contributed by atoms with van der Waals surface area (Å²) in [4.78, 5) is 24.6. The molecule has 0 unspecified atom stereocenters. The van der Waals surface area contributed by atoms with Crippen molar-refractivity contribution < 1.29 is 4.79 Å². The number of fused-ring (bicyclic) bond motifs is 1. The molecule has 0 saturated heterocycles. The van der Waals surface area contributed by atoms with E-state index in [0.717, 1.165) is 40.7 Å². The zero-order valence-corrected chi connectivity index (χ0v) is 20.9. The first kappa shape index (κ1) is 25.1. The molecule has 168 valence electrons. The standard InChI is InChI=1S/C24H32N4OS.ClH/c1-7-27(8-2)15-16-28(23(29)19-10-12-20(13-11-19)26(5)6)24-25-22-18(4)17(3)9-14-21(22)30-24;/h9-14H,7-8,15-16H2,1-6H3;1H. The summed E-state index contributed by atoms with van der Waals surface area (Å²) < 4.78 is 1.12. The van der Waals surface area contributed by atoms with Crippen LogP contribution in [0.5, 0.6) is 0 Å². The van der Waals surface area contributed by atoms with Crippen LogP contribution in [-0.2, 0) is 0 Å². The average Bonchev–Trinajstić information content (AvgIpc) is 3.18. The van der Waals surface area contributed by atoms with Gasteiger partial charge in [0, 0.05) is 38.4 Å². The summed E-state index contributed by atoms with van der Waals surface area (Å²) >= 11 is 1.59. The Bertz CT molecular complexity index is 1010. The van der Waals surface area contributed by atoms with Gasteiger partial charge in [-0.05, 0) is 68.4 Å². The van der Waals surface area contributed by atoms with Gasteiger partial charge in [-0.2, -0.15) is 0 Å². The highest BCUT2D eigenvalue weighted by atomic mass is 35.5. The number of anilines is 2. The number of aromatic nitrogens is 1. The molecule has 31 heavy (non-hydrogen) atoms. The number of amides is 1. The second kappa shape index (κ2) is 10.9. The molecule has 7 heteroatoms. The van der Waals surface area contributed by atoms with E-state index in [1.807, 2.05) is 48.2 Å². The topological polar surface area (TPSA) is 39.7 Å². The fraction of sp³-hybridized carbons (Fsp3) is 0.417. The molecule has 1 amide bonds. The third-order valence-corrected chi connectivity index (χ3v) is 6.76. The summed E-state index contributed by atoms with van der Waals surface area (Å²) in [6.07, 6.45) is 0. The third-order valence-electron chi connectivity index (χ3n) is 5.71. The van der Waals surface area contributed by atoms with Crippen LogP contribution < -0.4 is 9.80 Å². The number of carbonyl (C=O) groups is 1. The summed E-state index contributed by atoms with van der Waals surface area (Å²) in [5, 5.41) is 0.771. The van der Waals surface area contributed by atoms with Crippen molar-refractivity contribution in [2.75, 3.05) is 50.1 Å². The van der Waals surface area contributed by atoms with Crippen molar-refractivity contribution in [2.45, 2.75) is 27.7 Å². The summed E-state index contributed by atoms with van der Waals surface area (Å²) in [6.45, 7) is 11.9. The van der Waals surface area contributed by atoms with Crippen LogP contribution in [-0.4, -0.2) is 56.1 Å².